The molecule has 1 aliphatic heterocycles. The molecule has 0 aliphatic carbocycles. The topological polar surface area (TPSA) is 89.6 Å². The molecule has 3 N–H and O–H groups in total. The van der Waals surface area contributed by atoms with E-state index in [-0.39, 0.29) is 29.7 Å². The number of aromatic nitrogens is 1. The van der Waals surface area contributed by atoms with Crippen LogP contribution in [0.3, 0.4) is 0 Å². The lowest BCUT2D eigenvalue weighted by Crippen LogP contribution is -2.44. The van der Waals surface area contributed by atoms with Gasteiger partial charge in [0.2, 0.25) is 10.0 Å². The molecular formula is C19H30IN5O2S2. The van der Waals surface area contributed by atoms with Gasteiger partial charge in [-0.1, -0.05) is 18.2 Å². The van der Waals surface area contributed by atoms with Gasteiger partial charge in [-0.15, -0.1) is 24.0 Å². The molecule has 162 valence electrons. The second-order valence-electron chi connectivity index (χ2n) is 6.78. The molecule has 7 nitrogen and oxygen atoms in total. The summed E-state index contributed by atoms with van der Waals surface area (Å²) in [5.41, 5.74) is 3.62. The summed E-state index contributed by atoms with van der Waals surface area (Å²) in [6.07, 6.45) is 0.861. The van der Waals surface area contributed by atoms with Crippen LogP contribution in [-0.4, -0.2) is 74.2 Å². The summed E-state index contributed by atoms with van der Waals surface area (Å²) < 4.78 is 26.4. The highest BCUT2D eigenvalue weighted by atomic mass is 127. The molecule has 1 aliphatic rings. The van der Waals surface area contributed by atoms with E-state index in [0.29, 0.717) is 25.6 Å². The van der Waals surface area contributed by atoms with Gasteiger partial charge >= 0.3 is 0 Å². The lowest BCUT2D eigenvalue weighted by molar-refractivity contribution is 0.443. The predicted molar refractivity (Wildman–Crippen MR) is 134 cm³/mol. The summed E-state index contributed by atoms with van der Waals surface area (Å²) in [7, 11) is -1.51. The number of guanidine groups is 1. The highest BCUT2D eigenvalue weighted by molar-refractivity contribution is 14.0. The normalized spacial score (nSPS) is 15.9. The van der Waals surface area contributed by atoms with Crippen molar-refractivity contribution < 1.29 is 8.42 Å². The summed E-state index contributed by atoms with van der Waals surface area (Å²) in [4.78, 5) is 7.61. The Bertz CT molecular complexity index is 924. The van der Waals surface area contributed by atoms with Crippen molar-refractivity contribution >= 4 is 62.6 Å². The Morgan fingerprint density at radius 2 is 1.90 bits per heavy atom. The number of thioether (sulfide) groups is 1. The fourth-order valence-electron chi connectivity index (χ4n) is 3.44. The second kappa shape index (κ2) is 11.4. The molecule has 2 aromatic rings. The lowest BCUT2D eigenvalue weighted by atomic mass is 10.1. The number of aromatic amines is 1. The number of sulfonamides is 1. The summed E-state index contributed by atoms with van der Waals surface area (Å²) in [5, 5.41) is 7.64. The summed E-state index contributed by atoms with van der Waals surface area (Å²) in [6.45, 7) is 4.39. The monoisotopic (exact) mass is 551 g/mol. The van der Waals surface area contributed by atoms with Crippen molar-refractivity contribution in [3.63, 3.8) is 0 Å². The van der Waals surface area contributed by atoms with E-state index < -0.39 is 10.0 Å². The first kappa shape index (κ1) is 24.3. The van der Waals surface area contributed by atoms with E-state index in [1.807, 2.05) is 6.07 Å². The van der Waals surface area contributed by atoms with Crippen LogP contribution < -0.4 is 10.6 Å². The summed E-state index contributed by atoms with van der Waals surface area (Å²) in [6, 6.07) is 8.30. The molecule has 0 radical (unpaired) electrons. The van der Waals surface area contributed by atoms with Crippen LogP contribution in [0.1, 0.15) is 11.3 Å². The van der Waals surface area contributed by atoms with Gasteiger partial charge in [-0.3, -0.25) is 4.99 Å². The van der Waals surface area contributed by atoms with Crippen molar-refractivity contribution in [1.82, 2.24) is 19.9 Å². The fraction of sp³-hybridized carbons (Fsp3) is 0.526. The Balaban J connectivity index is 0.00000300. The van der Waals surface area contributed by atoms with E-state index in [4.69, 9.17) is 0 Å². The van der Waals surface area contributed by atoms with Crippen molar-refractivity contribution in [3.05, 3.63) is 35.5 Å². The van der Waals surface area contributed by atoms with E-state index in [2.05, 4.69) is 45.7 Å². The quantitative estimate of drug-likeness (QED) is 0.279. The van der Waals surface area contributed by atoms with Gasteiger partial charge in [0.1, 0.15) is 0 Å². The van der Waals surface area contributed by atoms with Gasteiger partial charge in [-0.25, -0.2) is 12.7 Å². The molecule has 1 aromatic carbocycles. The van der Waals surface area contributed by atoms with Crippen LogP contribution in [0.2, 0.25) is 0 Å². The molecule has 1 aromatic heterocycles. The maximum Gasteiger partial charge on any atom is 0.215 e. The third-order valence-electron chi connectivity index (χ3n) is 4.93. The van der Waals surface area contributed by atoms with Crippen LogP contribution in [0.4, 0.5) is 0 Å². The number of fused-ring (bicyclic) bond motifs is 1. The molecule has 0 bridgehead atoms. The predicted octanol–water partition coefficient (Wildman–Crippen LogP) is 2.18. The smallest absolute Gasteiger partial charge is 0.215 e. The Hall–Kier alpha value is -0.980. The standard InChI is InChI=1S/C19H29N5O2S2.HI/c1-15-16(17-5-3-4-6-18(17)23-15)7-8-21-19(20-2)22-9-14-28(25,26)24-10-12-27-13-11-24;/h3-6,23H,7-14H2,1-2H3,(H2,20,21,22);1H. The van der Waals surface area contributed by atoms with E-state index in [9.17, 15) is 8.42 Å². The summed E-state index contributed by atoms with van der Waals surface area (Å²) in [5.74, 6) is 2.47. The molecule has 0 spiro atoms. The molecule has 0 saturated carbocycles. The number of benzene rings is 1. The Morgan fingerprint density at radius 1 is 1.21 bits per heavy atom. The van der Waals surface area contributed by atoms with Crippen molar-refractivity contribution in [2.45, 2.75) is 13.3 Å². The molecule has 0 unspecified atom stereocenters. The van der Waals surface area contributed by atoms with Crippen LogP contribution in [0.25, 0.3) is 10.9 Å². The van der Waals surface area contributed by atoms with Crippen molar-refractivity contribution in [2.75, 3.05) is 50.5 Å². The fourth-order valence-corrected chi connectivity index (χ4v) is 5.93. The number of nitrogens with one attached hydrogen (secondary N) is 3. The zero-order valence-corrected chi connectivity index (χ0v) is 20.9. The Labute approximate surface area is 194 Å². The van der Waals surface area contributed by atoms with E-state index in [1.165, 1.54) is 16.6 Å². The molecule has 1 fully saturated rings. The number of para-hydroxylation sites is 1. The third kappa shape index (κ3) is 6.50. The Morgan fingerprint density at radius 3 is 2.62 bits per heavy atom. The molecule has 2 heterocycles. The van der Waals surface area contributed by atoms with Gasteiger partial charge in [0.15, 0.2) is 5.96 Å². The number of halogens is 1. The molecular weight excluding hydrogens is 521 g/mol. The SMILES string of the molecule is CN=C(NCCc1c(C)[nH]c2ccccc12)NCCS(=O)(=O)N1CCSCC1.I. The molecule has 29 heavy (non-hydrogen) atoms. The second-order valence-corrected chi connectivity index (χ2v) is 10.1. The molecule has 0 atom stereocenters. The van der Waals surface area contributed by atoms with Crippen molar-refractivity contribution in [3.8, 4) is 0 Å². The first-order valence-electron chi connectivity index (χ1n) is 9.57. The Kier molecular flexibility index (Phi) is 9.57. The minimum atomic E-state index is -3.20. The maximum absolute atomic E-state index is 12.4. The van der Waals surface area contributed by atoms with E-state index in [1.54, 1.807) is 23.1 Å². The van der Waals surface area contributed by atoms with Crippen LogP contribution in [0.5, 0.6) is 0 Å². The molecule has 1 saturated heterocycles. The first-order chi connectivity index (χ1) is 13.5. The van der Waals surface area contributed by atoms with Gasteiger partial charge < -0.3 is 15.6 Å². The van der Waals surface area contributed by atoms with Crippen LogP contribution >= 0.6 is 35.7 Å². The van der Waals surface area contributed by atoms with Crippen molar-refractivity contribution in [2.24, 2.45) is 4.99 Å². The molecule has 3 rings (SSSR count). The van der Waals surface area contributed by atoms with Crippen LogP contribution in [-0.2, 0) is 16.4 Å². The highest BCUT2D eigenvalue weighted by Crippen LogP contribution is 2.21. The number of rotatable bonds is 7. The number of hydrogen-bond donors (Lipinski definition) is 3. The minimum absolute atomic E-state index is 0. The van der Waals surface area contributed by atoms with Crippen LogP contribution in [0, 0.1) is 6.92 Å². The highest BCUT2D eigenvalue weighted by Gasteiger charge is 2.23. The number of hydrogen-bond acceptors (Lipinski definition) is 4. The largest absolute Gasteiger partial charge is 0.358 e. The average molecular weight is 552 g/mol. The molecule has 10 heteroatoms. The van der Waals surface area contributed by atoms with Gasteiger partial charge in [-0.2, -0.15) is 11.8 Å². The van der Waals surface area contributed by atoms with Gasteiger partial charge in [0.05, 0.1) is 5.75 Å². The zero-order valence-electron chi connectivity index (χ0n) is 16.9. The lowest BCUT2D eigenvalue weighted by Gasteiger charge is -2.25. The van der Waals surface area contributed by atoms with Gasteiger partial charge in [0, 0.05) is 61.3 Å². The zero-order chi connectivity index (χ0) is 20.0. The number of H-pyrrole nitrogens is 1. The van der Waals surface area contributed by atoms with Gasteiger partial charge in [-0.05, 0) is 25.0 Å². The minimum Gasteiger partial charge on any atom is -0.358 e. The number of nitrogens with zero attached hydrogens (tertiary/aromatic N) is 2. The average Bonchev–Trinajstić information content (AvgIpc) is 3.02. The van der Waals surface area contributed by atoms with E-state index in [0.717, 1.165) is 30.0 Å². The van der Waals surface area contributed by atoms with E-state index >= 15 is 0 Å². The first-order valence-corrected chi connectivity index (χ1v) is 12.3. The van der Waals surface area contributed by atoms with Crippen LogP contribution in [0.15, 0.2) is 29.3 Å². The maximum atomic E-state index is 12.4. The molecule has 0 amide bonds. The van der Waals surface area contributed by atoms with Gasteiger partial charge in [0.25, 0.3) is 0 Å². The number of aliphatic imine (C=N–C) groups is 1. The third-order valence-corrected chi connectivity index (χ3v) is 7.75. The van der Waals surface area contributed by atoms with Crippen molar-refractivity contribution in [1.29, 1.82) is 0 Å². The summed E-state index contributed by atoms with van der Waals surface area (Å²) >= 11 is 1.80. The number of aryl methyl sites for hydroxylation is 1.